The molecule has 0 heterocycles. The second kappa shape index (κ2) is 8.05. The average Bonchev–Trinajstić information content (AvgIpc) is 2.55. The second-order valence-corrected chi connectivity index (χ2v) is 4.72. The monoisotopic (exact) mass is 301 g/mol. The number of ether oxygens (including phenoxy) is 2. The number of amides is 1. The van der Waals surface area contributed by atoms with Gasteiger partial charge in [-0.2, -0.15) is 0 Å². The van der Waals surface area contributed by atoms with E-state index in [1.165, 1.54) is 0 Å². The molecule has 0 atom stereocenters. The maximum atomic E-state index is 11.7. The number of hydrogen-bond acceptors (Lipinski definition) is 4. The van der Waals surface area contributed by atoms with Crippen LogP contribution in [0.5, 0.6) is 5.75 Å². The molecule has 2 rings (SSSR count). The Morgan fingerprint density at radius 1 is 1.05 bits per heavy atom. The third kappa shape index (κ3) is 4.79. The Balaban J connectivity index is 1.81. The summed E-state index contributed by atoms with van der Waals surface area (Å²) in [5, 5.41) is 11.5. The van der Waals surface area contributed by atoms with Crippen LogP contribution in [0.3, 0.4) is 0 Å². The second-order valence-electron chi connectivity index (χ2n) is 4.72. The number of nitrogens with one attached hydrogen (secondary N) is 1. The van der Waals surface area contributed by atoms with Gasteiger partial charge in [0.25, 0.3) is 0 Å². The molecule has 0 aliphatic heterocycles. The van der Waals surface area contributed by atoms with Gasteiger partial charge in [0, 0.05) is 12.3 Å². The number of hydrogen-bond donors (Lipinski definition) is 2. The molecule has 0 fully saturated rings. The zero-order valence-corrected chi connectivity index (χ0v) is 12.4. The van der Waals surface area contributed by atoms with E-state index in [-0.39, 0.29) is 13.2 Å². The number of carbonyl (C=O) groups excluding carboxylic acids is 1. The lowest BCUT2D eigenvalue weighted by atomic mass is 10.1. The Bertz CT molecular complexity index is 593. The molecular formula is C17H19NO4. The van der Waals surface area contributed by atoms with Crippen molar-refractivity contribution in [1.29, 1.82) is 0 Å². The first kappa shape index (κ1) is 15.9. The maximum Gasteiger partial charge on any atom is 0.411 e. The van der Waals surface area contributed by atoms with Gasteiger partial charge in [-0.25, -0.2) is 4.79 Å². The first-order chi connectivity index (χ1) is 10.7. The summed E-state index contributed by atoms with van der Waals surface area (Å²) >= 11 is 0. The number of benzene rings is 2. The highest BCUT2D eigenvalue weighted by Gasteiger charge is 2.04. The van der Waals surface area contributed by atoms with Gasteiger partial charge in [0.15, 0.2) is 0 Å². The van der Waals surface area contributed by atoms with Crippen molar-refractivity contribution < 1.29 is 19.4 Å². The van der Waals surface area contributed by atoms with Crippen LogP contribution in [0.2, 0.25) is 0 Å². The fourth-order valence-electron chi connectivity index (χ4n) is 1.91. The maximum absolute atomic E-state index is 11.7. The van der Waals surface area contributed by atoms with Crippen molar-refractivity contribution in [2.24, 2.45) is 0 Å². The third-order valence-corrected chi connectivity index (χ3v) is 3.13. The molecule has 0 radical (unpaired) electrons. The largest absolute Gasteiger partial charge is 0.497 e. The third-order valence-electron chi connectivity index (χ3n) is 3.13. The van der Waals surface area contributed by atoms with E-state index >= 15 is 0 Å². The molecule has 5 nitrogen and oxygen atoms in total. The Morgan fingerprint density at radius 2 is 1.68 bits per heavy atom. The van der Waals surface area contributed by atoms with E-state index in [1.807, 2.05) is 36.4 Å². The van der Waals surface area contributed by atoms with Crippen LogP contribution in [0.15, 0.2) is 48.5 Å². The van der Waals surface area contributed by atoms with Gasteiger partial charge in [0.1, 0.15) is 12.4 Å². The van der Waals surface area contributed by atoms with Crippen molar-refractivity contribution in [3.63, 3.8) is 0 Å². The molecule has 5 heteroatoms. The Labute approximate surface area is 129 Å². The van der Waals surface area contributed by atoms with Crippen molar-refractivity contribution in [3.05, 3.63) is 59.7 Å². The minimum atomic E-state index is -0.509. The van der Waals surface area contributed by atoms with E-state index in [1.54, 1.807) is 19.2 Å². The van der Waals surface area contributed by atoms with Crippen molar-refractivity contribution in [1.82, 2.24) is 0 Å². The van der Waals surface area contributed by atoms with Crippen LogP contribution in [-0.2, 0) is 17.8 Å². The van der Waals surface area contributed by atoms with E-state index in [9.17, 15) is 4.79 Å². The number of aliphatic hydroxyl groups excluding tert-OH is 1. The minimum absolute atomic E-state index is 0.108. The van der Waals surface area contributed by atoms with E-state index in [4.69, 9.17) is 14.6 Å². The molecule has 0 aromatic heterocycles. The molecule has 0 spiro atoms. The van der Waals surface area contributed by atoms with E-state index < -0.39 is 6.09 Å². The van der Waals surface area contributed by atoms with Gasteiger partial charge in [-0.1, -0.05) is 24.3 Å². The Morgan fingerprint density at radius 3 is 2.27 bits per heavy atom. The summed E-state index contributed by atoms with van der Waals surface area (Å²) in [5.74, 6) is 0.760. The van der Waals surface area contributed by atoms with Gasteiger partial charge in [0.2, 0.25) is 0 Å². The van der Waals surface area contributed by atoms with Gasteiger partial charge in [-0.05, 0) is 41.8 Å². The first-order valence-electron chi connectivity index (χ1n) is 6.98. The fraction of sp³-hybridized carbons (Fsp3) is 0.235. The van der Waals surface area contributed by atoms with Gasteiger partial charge in [-0.3, -0.25) is 5.32 Å². The lowest BCUT2D eigenvalue weighted by Crippen LogP contribution is -2.13. The van der Waals surface area contributed by atoms with Crippen LogP contribution in [-0.4, -0.2) is 24.9 Å². The summed E-state index contributed by atoms with van der Waals surface area (Å²) in [6, 6.07) is 14.6. The normalized spacial score (nSPS) is 10.1. The number of methoxy groups -OCH3 is 1. The molecule has 0 saturated carbocycles. The molecule has 0 unspecified atom stereocenters. The summed E-state index contributed by atoms with van der Waals surface area (Å²) in [6.45, 7) is 0.301. The van der Waals surface area contributed by atoms with Crippen LogP contribution >= 0.6 is 0 Å². The highest BCUT2D eigenvalue weighted by atomic mass is 16.5. The van der Waals surface area contributed by atoms with E-state index in [2.05, 4.69) is 5.32 Å². The standard InChI is InChI=1S/C17H19NO4/c1-21-16-8-4-14(5-9-16)12-22-17(20)18-15-6-2-13(3-7-15)10-11-19/h2-9,19H,10-12H2,1H3,(H,18,20). The summed E-state index contributed by atoms with van der Waals surface area (Å²) < 4.78 is 10.2. The molecule has 2 aromatic rings. The first-order valence-corrected chi connectivity index (χ1v) is 6.98. The van der Waals surface area contributed by atoms with Crippen LogP contribution in [0, 0.1) is 0 Å². The summed E-state index contributed by atoms with van der Waals surface area (Å²) in [7, 11) is 1.60. The van der Waals surface area contributed by atoms with Crippen LogP contribution in [0.25, 0.3) is 0 Å². The van der Waals surface area contributed by atoms with E-state index in [0.717, 1.165) is 16.9 Å². The lowest BCUT2D eigenvalue weighted by Gasteiger charge is -2.08. The number of carbonyl (C=O) groups is 1. The van der Waals surface area contributed by atoms with Crippen LogP contribution < -0.4 is 10.1 Å². The Kier molecular flexibility index (Phi) is 5.80. The quantitative estimate of drug-likeness (QED) is 0.860. The van der Waals surface area contributed by atoms with Crippen LogP contribution in [0.1, 0.15) is 11.1 Å². The topological polar surface area (TPSA) is 67.8 Å². The van der Waals surface area contributed by atoms with Gasteiger partial charge >= 0.3 is 6.09 Å². The summed E-state index contributed by atoms with van der Waals surface area (Å²) in [5.41, 5.74) is 2.55. The summed E-state index contributed by atoms with van der Waals surface area (Å²) in [6.07, 6.45) is 0.0908. The molecular weight excluding hydrogens is 282 g/mol. The van der Waals surface area contributed by atoms with Crippen molar-refractivity contribution in [2.75, 3.05) is 19.0 Å². The van der Waals surface area contributed by atoms with Crippen molar-refractivity contribution in [3.8, 4) is 5.75 Å². The molecule has 0 bridgehead atoms. The van der Waals surface area contributed by atoms with Crippen molar-refractivity contribution >= 4 is 11.8 Å². The summed E-state index contributed by atoms with van der Waals surface area (Å²) in [4.78, 5) is 11.7. The molecule has 1 amide bonds. The SMILES string of the molecule is COc1ccc(COC(=O)Nc2ccc(CCO)cc2)cc1. The van der Waals surface area contributed by atoms with Gasteiger partial charge in [0.05, 0.1) is 7.11 Å². The van der Waals surface area contributed by atoms with Gasteiger partial charge in [-0.15, -0.1) is 0 Å². The smallest absolute Gasteiger partial charge is 0.411 e. The van der Waals surface area contributed by atoms with E-state index in [0.29, 0.717) is 12.1 Å². The van der Waals surface area contributed by atoms with Gasteiger partial charge < -0.3 is 14.6 Å². The molecule has 0 aliphatic rings. The minimum Gasteiger partial charge on any atom is -0.497 e. The highest BCUT2D eigenvalue weighted by molar-refractivity contribution is 5.84. The highest BCUT2D eigenvalue weighted by Crippen LogP contribution is 2.13. The number of aliphatic hydroxyl groups is 1. The molecule has 2 aromatic carbocycles. The molecule has 0 aliphatic carbocycles. The molecule has 22 heavy (non-hydrogen) atoms. The van der Waals surface area contributed by atoms with Crippen molar-refractivity contribution in [2.45, 2.75) is 13.0 Å². The predicted octanol–water partition coefficient (Wildman–Crippen LogP) is 2.98. The molecule has 2 N–H and O–H groups in total. The number of anilines is 1. The predicted molar refractivity (Wildman–Crippen MR) is 84.0 cm³/mol. The van der Waals surface area contributed by atoms with Crippen LogP contribution in [0.4, 0.5) is 10.5 Å². The Hall–Kier alpha value is -2.53. The zero-order chi connectivity index (χ0) is 15.8. The molecule has 116 valence electrons. The zero-order valence-electron chi connectivity index (χ0n) is 12.4. The average molecular weight is 301 g/mol. The fourth-order valence-corrected chi connectivity index (χ4v) is 1.91. The molecule has 0 saturated heterocycles. The lowest BCUT2D eigenvalue weighted by molar-refractivity contribution is 0.155. The number of rotatable bonds is 6.